The van der Waals surface area contributed by atoms with Crippen LogP contribution in [0.4, 0.5) is 32.0 Å². The number of imide groups is 1. The summed E-state index contributed by atoms with van der Waals surface area (Å²) in [7, 11) is 0. The highest BCUT2D eigenvalue weighted by Gasteiger charge is 2.57. The van der Waals surface area contributed by atoms with Gasteiger partial charge in [0.05, 0.1) is 39.1 Å². The number of fused-ring (bicyclic) bond motifs is 3. The van der Waals surface area contributed by atoms with Crippen LogP contribution in [-0.4, -0.2) is 28.5 Å². The van der Waals surface area contributed by atoms with Crippen LogP contribution in [0.25, 0.3) is 0 Å². The second-order valence-electron chi connectivity index (χ2n) is 10.6. The Kier molecular flexibility index (Phi) is 6.73. The number of benzene rings is 1. The van der Waals surface area contributed by atoms with Crippen LogP contribution in [-0.2, 0) is 38.1 Å². The minimum atomic E-state index is -5.20. The lowest BCUT2D eigenvalue weighted by atomic mass is 9.60. The van der Waals surface area contributed by atoms with E-state index < -0.39 is 82.8 Å². The molecule has 6 rings (SSSR count). The number of carbonyl (C=O) groups is 4. The standard InChI is InChI=1S/C29H18BrF6NO6/c30-19-9-20(39)23-18(25(19)40)8-17-15(24(23)21-4-1-14(10-38)43-21)2-3-16-22(17)27(42)37(26(16)41)13-6-11(28(31,32)33)5-12(7-13)29(34,35)36/h1-2,4-7,9,16-17,22,24,38H,3,8,10H2/t16-,17+,22-,24+/m0/s1. The van der Waals surface area contributed by atoms with Crippen molar-refractivity contribution in [3.05, 3.63) is 86.3 Å². The Balaban J connectivity index is 1.46. The third-order valence-corrected chi connectivity index (χ3v) is 8.87. The van der Waals surface area contributed by atoms with E-state index in [1.54, 1.807) is 6.08 Å². The Bertz CT molecular complexity index is 1680. The van der Waals surface area contributed by atoms with Gasteiger partial charge in [0.15, 0.2) is 11.6 Å². The van der Waals surface area contributed by atoms with Gasteiger partial charge in [-0.1, -0.05) is 11.6 Å². The largest absolute Gasteiger partial charge is 0.463 e. The zero-order chi connectivity index (χ0) is 31.2. The first-order valence-corrected chi connectivity index (χ1v) is 13.7. The van der Waals surface area contributed by atoms with Gasteiger partial charge in [-0.15, -0.1) is 0 Å². The molecule has 224 valence electrons. The van der Waals surface area contributed by atoms with Gasteiger partial charge < -0.3 is 9.52 Å². The van der Waals surface area contributed by atoms with Crippen molar-refractivity contribution in [2.45, 2.75) is 37.7 Å². The SMILES string of the molecule is O=C1C=C(Br)C(=O)C2=C1[C@@H](c1ccc(CO)o1)C1=CC[C@@H]3C(=O)N(c4cc(C(F)(F)F)cc(C(F)(F)F)c4)C(=O)[C@@H]3[C@@H]1C2. The highest BCUT2D eigenvalue weighted by Crippen LogP contribution is 2.56. The topological polar surface area (TPSA) is 105 Å². The number of amides is 2. The third kappa shape index (κ3) is 4.62. The van der Waals surface area contributed by atoms with Gasteiger partial charge in [-0.2, -0.15) is 26.3 Å². The van der Waals surface area contributed by atoms with Crippen LogP contribution in [0.5, 0.6) is 0 Å². The van der Waals surface area contributed by atoms with E-state index >= 15 is 0 Å². The summed E-state index contributed by atoms with van der Waals surface area (Å²) in [5, 5.41) is 9.52. The molecule has 0 radical (unpaired) electrons. The van der Waals surface area contributed by atoms with Gasteiger partial charge in [0.2, 0.25) is 11.8 Å². The molecule has 1 N–H and O–H groups in total. The normalized spacial score (nSPS) is 25.9. The average molecular weight is 670 g/mol. The highest BCUT2D eigenvalue weighted by atomic mass is 79.9. The molecule has 14 heteroatoms. The summed E-state index contributed by atoms with van der Waals surface area (Å²) in [6.45, 7) is -0.469. The van der Waals surface area contributed by atoms with E-state index in [0.717, 1.165) is 6.08 Å². The van der Waals surface area contributed by atoms with Crippen LogP contribution in [0.15, 0.2) is 68.1 Å². The molecule has 0 saturated carbocycles. The van der Waals surface area contributed by atoms with Crippen LogP contribution in [0.2, 0.25) is 0 Å². The zero-order valence-electron chi connectivity index (χ0n) is 21.6. The number of rotatable bonds is 3. The average Bonchev–Trinajstić information content (AvgIpc) is 3.51. The second-order valence-corrected chi connectivity index (χ2v) is 11.5. The molecular weight excluding hydrogens is 652 g/mol. The van der Waals surface area contributed by atoms with E-state index in [9.17, 15) is 50.6 Å². The maximum Gasteiger partial charge on any atom is 0.416 e. The fourth-order valence-electron chi connectivity index (χ4n) is 6.49. The number of alkyl halides is 6. The first kappa shape index (κ1) is 29.3. The van der Waals surface area contributed by atoms with Crippen molar-refractivity contribution in [3.63, 3.8) is 0 Å². The number of nitrogens with zero attached hydrogens (tertiary/aromatic N) is 1. The Morgan fingerprint density at radius 3 is 2.16 bits per heavy atom. The second kappa shape index (κ2) is 9.88. The van der Waals surface area contributed by atoms with Crippen molar-refractivity contribution in [3.8, 4) is 0 Å². The van der Waals surface area contributed by atoms with Crippen molar-refractivity contribution in [2.24, 2.45) is 17.8 Å². The van der Waals surface area contributed by atoms with Gasteiger partial charge in [0.1, 0.15) is 18.1 Å². The molecule has 3 aliphatic carbocycles. The molecule has 0 unspecified atom stereocenters. The van der Waals surface area contributed by atoms with Crippen molar-refractivity contribution < 1.29 is 55.0 Å². The number of allylic oxidation sites excluding steroid dienone is 6. The molecule has 1 aromatic heterocycles. The minimum absolute atomic E-state index is 0.0376. The lowest BCUT2D eigenvalue weighted by Crippen LogP contribution is -2.39. The van der Waals surface area contributed by atoms with Crippen molar-refractivity contribution in [1.82, 2.24) is 0 Å². The lowest BCUT2D eigenvalue weighted by molar-refractivity contribution is -0.143. The maximum atomic E-state index is 13.9. The molecule has 7 nitrogen and oxygen atoms in total. The Morgan fingerprint density at radius 1 is 0.930 bits per heavy atom. The molecule has 4 atom stereocenters. The number of anilines is 1. The third-order valence-electron chi connectivity index (χ3n) is 8.28. The van der Waals surface area contributed by atoms with Crippen LogP contribution >= 0.6 is 15.9 Å². The summed E-state index contributed by atoms with van der Waals surface area (Å²) >= 11 is 3.07. The van der Waals surface area contributed by atoms with Gasteiger partial charge in [-0.3, -0.25) is 19.2 Å². The van der Waals surface area contributed by atoms with E-state index in [0.29, 0.717) is 22.6 Å². The van der Waals surface area contributed by atoms with Crippen LogP contribution in [0, 0.1) is 17.8 Å². The molecule has 0 spiro atoms. The van der Waals surface area contributed by atoms with E-state index in [2.05, 4.69) is 15.9 Å². The number of hydrogen-bond donors (Lipinski definition) is 1. The summed E-state index contributed by atoms with van der Waals surface area (Å²) in [5.41, 5.74) is -3.64. The number of aliphatic hydroxyl groups is 1. The summed E-state index contributed by atoms with van der Waals surface area (Å²) in [6, 6.07) is 3.51. The van der Waals surface area contributed by atoms with Crippen molar-refractivity contribution >= 4 is 45.0 Å². The van der Waals surface area contributed by atoms with Crippen LogP contribution in [0.3, 0.4) is 0 Å². The predicted octanol–water partition coefficient (Wildman–Crippen LogP) is 5.78. The van der Waals surface area contributed by atoms with Crippen LogP contribution in [0.1, 0.15) is 41.4 Å². The van der Waals surface area contributed by atoms with E-state index in [1.165, 1.54) is 12.1 Å². The van der Waals surface area contributed by atoms with Gasteiger partial charge in [0.25, 0.3) is 0 Å². The predicted molar refractivity (Wildman–Crippen MR) is 138 cm³/mol. The molecule has 2 amide bonds. The van der Waals surface area contributed by atoms with E-state index in [-0.39, 0.29) is 46.1 Å². The molecule has 1 aromatic carbocycles. The van der Waals surface area contributed by atoms with E-state index in [4.69, 9.17) is 4.42 Å². The lowest BCUT2D eigenvalue weighted by Gasteiger charge is -2.41. The quantitative estimate of drug-likeness (QED) is 0.192. The highest BCUT2D eigenvalue weighted by molar-refractivity contribution is 9.12. The fraction of sp³-hybridized carbons (Fsp3) is 0.310. The Hall–Kier alpha value is -3.78. The molecule has 1 fully saturated rings. The Labute approximate surface area is 246 Å². The number of halogens is 7. The van der Waals surface area contributed by atoms with Crippen molar-refractivity contribution in [2.75, 3.05) is 4.90 Å². The number of Topliss-reactive ketones (excluding diaryl/α,β-unsaturated/α-hetero) is 1. The van der Waals surface area contributed by atoms with E-state index in [1.807, 2.05) is 0 Å². The number of ketones is 2. The molecule has 2 aromatic rings. The first-order chi connectivity index (χ1) is 20.1. The monoisotopic (exact) mass is 669 g/mol. The van der Waals surface area contributed by atoms with Crippen LogP contribution < -0.4 is 4.90 Å². The van der Waals surface area contributed by atoms with Gasteiger partial charge >= 0.3 is 12.4 Å². The number of carbonyl (C=O) groups excluding carboxylic acids is 4. The van der Waals surface area contributed by atoms with Gasteiger partial charge in [0, 0.05) is 17.2 Å². The first-order valence-electron chi connectivity index (χ1n) is 12.9. The fourth-order valence-corrected chi connectivity index (χ4v) is 6.94. The van der Waals surface area contributed by atoms with Gasteiger partial charge in [-0.25, -0.2) is 4.90 Å². The van der Waals surface area contributed by atoms with Crippen molar-refractivity contribution in [1.29, 1.82) is 0 Å². The summed E-state index contributed by atoms with van der Waals surface area (Å²) < 4.78 is 87.1. The summed E-state index contributed by atoms with van der Waals surface area (Å²) in [5.74, 6) is -6.96. The number of hydrogen-bond acceptors (Lipinski definition) is 6. The smallest absolute Gasteiger partial charge is 0.416 e. The summed E-state index contributed by atoms with van der Waals surface area (Å²) in [6.07, 6.45) is -7.97. The summed E-state index contributed by atoms with van der Waals surface area (Å²) in [4.78, 5) is 54.1. The zero-order valence-corrected chi connectivity index (χ0v) is 23.1. The number of aliphatic hydroxyl groups excluding tert-OH is 1. The molecule has 2 heterocycles. The number of furan rings is 1. The molecular formula is C29H18BrF6NO6. The molecule has 43 heavy (non-hydrogen) atoms. The molecule has 1 aliphatic heterocycles. The molecule has 1 saturated heterocycles. The Morgan fingerprint density at radius 2 is 1.58 bits per heavy atom. The molecule has 0 bridgehead atoms. The van der Waals surface area contributed by atoms with Gasteiger partial charge in [-0.05, 0) is 65.0 Å². The molecule has 4 aliphatic rings. The minimum Gasteiger partial charge on any atom is -0.463 e. The maximum absolute atomic E-state index is 13.9.